The molecule has 1 unspecified atom stereocenters. The molecule has 21 heavy (non-hydrogen) atoms. The zero-order valence-electron chi connectivity index (χ0n) is 10.4. The largest absolute Gasteiger partial charge is 0.480 e. The number of rotatable bonds is 7. The Morgan fingerprint density at radius 2 is 2.10 bits per heavy atom. The van der Waals surface area contributed by atoms with Crippen LogP contribution in [0.5, 0.6) is 0 Å². The predicted molar refractivity (Wildman–Crippen MR) is 71.6 cm³/mol. The summed E-state index contributed by atoms with van der Waals surface area (Å²) in [5.41, 5.74) is -0.775. The fourth-order valence-corrected chi connectivity index (χ4v) is 3.02. The van der Waals surface area contributed by atoms with Gasteiger partial charge in [-0.15, -0.1) is 0 Å². The van der Waals surface area contributed by atoms with Crippen LogP contribution < -0.4 is 4.72 Å². The lowest BCUT2D eigenvalue weighted by Gasteiger charge is -2.13. The molecule has 0 radical (unpaired) electrons. The van der Waals surface area contributed by atoms with E-state index in [4.69, 9.17) is 21.8 Å². The van der Waals surface area contributed by atoms with Crippen LogP contribution in [0.4, 0.5) is 5.69 Å². The number of nitrogens with zero attached hydrogens (tertiary/aromatic N) is 1. The second-order valence-electron chi connectivity index (χ2n) is 3.89. The number of aliphatic carboxylic acids is 1. The third-order valence-electron chi connectivity index (χ3n) is 2.42. The Balaban J connectivity index is 3.25. The van der Waals surface area contributed by atoms with Gasteiger partial charge in [-0.25, -0.2) is 8.42 Å². The van der Waals surface area contributed by atoms with Gasteiger partial charge in [0, 0.05) is 17.7 Å². The first-order valence-corrected chi connectivity index (χ1v) is 7.35. The Bertz CT molecular complexity index is 661. The maximum absolute atomic E-state index is 12.1. The number of nitro benzene ring substituents is 1. The van der Waals surface area contributed by atoms with E-state index in [1.807, 2.05) is 0 Å². The third-order valence-corrected chi connectivity index (χ3v) is 4.17. The summed E-state index contributed by atoms with van der Waals surface area (Å²) in [6, 6.07) is 1.28. The first kappa shape index (κ1) is 17.3. The van der Waals surface area contributed by atoms with Crippen LogP contribution in [0.25, 0.3) is 0 Å². The number of carboxylic acids is 1. The van der Waals surface area contributed by atoms with Crippen LogP contribution in [-0.4, -0.2) is 42.2 Å². The SMILES string of the molecule is O=C(O)C(CCO)NS(=O)(=O)c1ccc(Cl)cc1[N+](=O)[O-]. The second kappa shape index (κ2) is 6.80. The molecule has 0 spiro atoms. The molecule has 0 saturated carbocycles. The Labute approximate surface area is 124 Å². The van der Waals surface area contributed by atoms with Crippen LogP contribution in [-0.2, 0) is 14.8 Å². The highest BCUT2D eigenvalue weighted by atomic mass is 35.5. The number of halogens is 1. The van der Waals surface area contributed by atoms with E-state index in [1.165, 1.54) is 0 Å². The molecule has 0 aliphatic heterocycles. The molecule has 1 aromatic carbocycles. The number of carboxylic acid groups (broad SMARTS) is 1. The van der Waals surface area contributed by atoms with Crippen molar-refractivity contribution in [3.63, 3.8) is 0 Å². The molecule has 116 valence electrons. The monoisotopic (exact) mass is 338 g/mol. The van der Waals surface area contributed by atoms with E-state index < -0.39 is 44.1 Å². The summed E-state index contributed by atoms with van der Waals surface area (Å²) in [6.07, 6.45) is -0.379. The molecule has 1 aromatic rings. The van der Waals surface area contributed by atoms with Gasteiger partial charge in [0.2, 0.25) is 10.0 Å². The summed E-state index contributed by atoms with van der Waals surface area (Å²) in [4.78, 5) is 20.1. The number of benzene rings is 1. The van der Waals surface area contributed by atoms with Crippen LogP contribution in [0.1, 0.15) is 6.42 Å². The van der Waals surface area contributed by atoms with Crippen molar-refractivity contribution in [1.82, 2.24) is 4.72 Å². The Kier molecular flexibility index (Phi) is 5.61. The second-order valence-corrected chi connectivity index (χ2v) is 6.01. The highest BCUT2D eigenvalue weighted by Crippen LogP contribution is 2.27. The highest BCUT2D eigenvalue weighted by molar-refractivity contribution is 7.89. The molecule has 9 nitrogen and oxygen atoms in total. The van der Waals surface area contributed by atoms with Crippen LogP contribution in [0.3, 0.4) is 0 Å². The number of sulfonamides is 1. The maximum Gasteiger partial charge on any atom is 0.321 e. The van der Waals surface area contributed by atoms with Crippen molar-refractivity contribution >= 4 is 33.3 Å². The number of aliphatic hydroxyl groups excluding tert-OH is 1. The molecule has 0 bridgehead atoms. The van der Waals surface area contributed by atoms with E-state index in [1.54, 1.807) is 4.72 Å². The molecule has 3 N–H and O–H groups in total. The van der Waals surface area contributed by atoms with E-state index in [9.17, 15) is 23.3 Å². The third kappa shape index (κ3) is 4.36. The number of nitrogens with one attached hydrogen (secondary N) is 1. The quantitative estimate of drug-likeness (QED) is 0.480. The molecule has 1 rings (SSSR count). The van der Waals surface area contributed by atoms with Crippen molar-refractivity contribution in [2.24, 2.45) is 0 Å². The molecule has 0 aliphatic carbocycles. The van der Waals surface area contributed by atoms with Crippen LogP contribution >= 0.6 is 11.6 Å². The average molecular weight is 339 g/mol. The fourth-order valence-electron chi connectivity index (χ4n) is 1.47. The van der Waals surface area contributed by atoms with Gasteiger partial charge in [0.15, 0.2) is 4.90 Å². The first-order valence-electron chi connectivity index (χ1n) is 5.49. The van der Waals surface area contributed by atoms with Crippen molar-refractivity contribution in [2.45, 2.75) is 17.4 Å². The van der Waals surface area contributed by atoms with Crippen LogP contribution in [0.15, 0.2) is 23.1 Å². The maximum atomic E-state index is 12.1. The zero-order valence-corrected chi connectivity index (χ0v) is 12.0. The zero-order chi connectivity index (χ0) is 16.2. The molecule has 11 heteroatoms. The molecule has 0 heterocycles. The van der Waals surface area contributed by atoms with E-state index in [0.717, 1.165) is 18.2 Å². The van der Waals surface area contributed by atoms with Crippen molar-refractivity contribution in [3.8, 4) is 0 Å². The normalized spacial score (nSPS) is 12.9. The summed E-state index contributed by atoms with van der Waals surface area (Å²) in [5.74, 6) is -1.51. The number of aliphatic hydroxyl groups is 1. The molecular formula is C10H11ClN2O7S. The van der Waals surface area contributed by atoms with E-state index in [0.29, 0.717) is 0 Å². The van der Waals surface area contributed by atoms with Gasteiger partial charge in [0.05, 0.1) is 4.92 Å². The van der Waals surface area contributed by atoms with Gasteiger partial charge < -0.3 is 10.2 Å². The Hall–Kier alpha value is -1.75. The topological polar surface area (TPSA) is 147 Å². The van der Waals surface area contributed by atoms with Crippen molar-refractivity contribution in [2.75, 3.05) is 6.61 Å². The lowest BCUT2D eigenvalue weighted by atomic mass is 10.2. The van der Waals surface area contributed by atoms with E-state index >= 15 is 0 Å². The Morgan fingerprint density at radius 1 is 1.48 bits per heavy atom. The van der Waals surface area contributed by atoms with Crippen LogP contribution in [0, 0.1) is 10.1 Å². The van der Waals surface area contributed by atoms with E-state index in [2.05, 4.69) is 0 Å². The van der Waals surface area contributed by atoms with Gasteiger partial charge in [-0.05, 0) is 18.6 Å². The minimum Gasteiger partial charge on any atom is -0.480 e. The number of hydrogen-bond donors (Lipinski definition) is 3. The van der Waals surface area contributed by atoms with E-state index in [-0.39, 0.29) is 11.4 Å². The Morgan fingerprint density at radius 3 is 2.57 bits per heavy atom. The predicted octanol–water partition coefficient (Wildman–Crippen LogP) is 0.362. The van der Waals surface area contributed by atoms with Gasteiger partial charge in [0.1, 0.15) is 6.04 Å². The molecule has 0 fully saturated rings. The van der Waals surface area contributed by atoms with Crippen LogP contribution in [0.2, 0.25) is 5.02 Å². The smallest absolute Gasteiger partial charge is 0.321 e. The van der Waals surface area contributed by atoms with Crippen molar-refractivity contribution in [3.05, 3.63) is 33.3 Å². The van der Waals surface area contributed by atoms with Crippen molar-refractivity contribution in [1.29, 1.82) is 0 Å². The highest BCUT2D eigenvalue weighted by Gasteiger charge is 2.30. The average Bonchev–Trinajstić information content (AvgIpc) is 2.37. The molecular weight excluding hydrogens is 328 g/mol. The molecule has 0 aliphatic rings. The summed E-state index contributed by atoms with van der Waals surface area (Å²) in [6.45, 7) is -0.567. The molecule has 0 saturated heterocycles. The fraction of sp³-hybridized carbons (Fsp3) is 0.300. The minimum absolute atomic E-state index is 0.0363. The van der Waals surface area contributed by atoms with Gasteiger partial charge in [-0.1, -0.05) is 11.6 Å². The molecule has 0 aromatic heterocycles. The number of hydrogen-bond acceptors (Lipinski definition) is 6. The lowest BCUT2D eigenvalue weighted by molar-refractivity contribution is -0.387. The van der Waals surface area contributed by atoms with Crippen molar-refractivity contribution < 1.29 is 28.3 Å². The van der Waals surface area contributed by atoms with Gasteiger partial charge in [-0.2, -0.15) is 4.72 Å². The first-order chi connectivity index (χ1) is 9.69. The summed E-state index contributed by atoms with van der Waals surface area (Å²) in [5, 5.41) is 28.4. The summed E-state index contributed by atoms with van der Waals surface area (Å²) >= 11 is 5.57. The summed E-state index contributed by atoms with van der Waals surface area (Å²) in [7, 11) is -4.46. The molecule has 0 amide bonds. The standard InChI is InChI=1S/C10H11ClN2O7S/c11-6-1-2-9(8(5-6)13(17)18)21(19,20)12-7(3-4-14)10(15)16/h1-2,5,7,12,14H,3-4H2,(H,15,16). The van der Waals surface area contributed by atoms with Gasteiger partial charge in [-0.3, -0.25) is 14.9 Å². The molecule has 1 atom stereocenters. The number of nitro groups is 1. The number of carbonyl (C=O) groups is 1. The summed E-state index contributed by atoms with van der Waals surface area (Å²) < 4.78 is 25.9. The lowest BCUT2D eigenvalue weighted by Crippen LogP contribution is -2.41. The minimum atomic E-state index is -4.46. The van der Waals surface area contributed by atoms with Gasteiger partial charge in [0.25, 0.3) is 5.69 Å². The van der Waals surface area contributed by atoms with Gasteiger partial charge >= 0.3 is 5.97 Å².